The Hall–Kier alpha value is -2.04. The maximum absolute atomic E-state index is 10.8. The summed E-state index contributed by atoms with van der Waals surface area (Å²) in [6, 6.07) is 3.39. The topological polar surface area (TPSA) is 76.0 Å². The molecule has 0 aliphatic rings. The number of carboxylic acid groups (broad SMARTS) is 1. The van der Waals surface area contributed by atoms with Gasteiger partial charge in [0.15, 0.2) is 5.65 Å². The highest BCUT2D eigenvalue weighted by molar-refractivity contribution is 5.76. The number of hydrogen-bond donors (Lipinski definition) is 1. The summed E-state index contributed by atoms with van der Waals surface area (Å²) in [7, 11) is 0. The summed E-state index contributed by atoms with van der Waals surface area (Å²) in [5, 5.41) is 8.83. The van der Waals surface area contributed by atoms with Crippen LogP contribution in [-0.2, 0) is 4.79 Å². The zero-order valence-corrected chi connectivity index (χ0v) is 8.08. The Morgan fingerprint density at radius 2 is 2.07 bits per heavy atom. The SMILES string of the molecule is CC(C(=O)O)c1ccc2nccnc2n1. The van der Waals surface area contributed by atoms with E-state index in [1.165, 1.54) is 6.20 Å². The standard InChI is InChI=1S/C10H9N3O2/c1-6(10(14)15)7-2-3-8-9(13-7)12-5-4-11-8/h2-6H,1H3,(H,14,15). The summed E-state index contributed by atoms with van der Waals surface area (Å²) in [6.45, 7) is 1.59. The van der Waals surface area contributed by atoms with E-state index in [0.29, 0.717) is 16.9 Å². The largest absolute Gasteiger partial charge is 0.481 e. The van der Waals surface area contributed by atoms with Gasteiger partial charge in [-0.2, -0.15) is 0 Å². The van der Waals surface area contributed by atoms with Crippen molar-refractivity contribution in [3.8, 4) is 0 Å². The van der Waals surface area contributed by atoms with Crippen molar-refractivity contribution in [1.29, 1.82) is 0 Å². The molecule has 0 saturated carbocycles. The van der Waals surface area contributed by atoms with Crippen LogP contribution in [0.5, 0.6) is 0 Å². The zero-order valence-electron chi connectivity index (χ0n) is 8.08. The molecule has 0 bridgehead atoms. The van der Waals surface area contributed by atoms with Gasteiger partial charge in [-0.15, -0.1) is 0 Å². The van der Waals surface area contributed by atoms with Gasteiger partial charge < -0.3 is 5.11 Å². The van der Waals surface area contributed by atoms with Crippen molar-refractivity contribution in [2.75, 3.05) is 0 Å². The minimum Gasteiger partial charge on any atom is -0.481 e. The second-order valence-corrected chi connectivity index (χ2v) is 3.20. The number of aromatic nitrogens is 3. The summed E-state index contributed by atoms with van der Waals surface area (Å²) in [6.07, 6.45) is 3.11. The van der Waals surface area contributed by atoms with E-state index in [2.05, 4.69) is 15.0 Å². The van der Waals surface area contributed by atoms with Crippen LogP contribution in [0.3, 0.4) is 0 Å². The average molecular weight is 203 g/mol. The highest BCUT2D eigenvalue weighted by Crippen LogP contribution is 2.15. The van der Waals surface area contributed by atoms with Crippen LogP contribution in [-0.4, -0.2) is 26.0 Å². The molecule has 0 aliphatic carbocycles. The average Bonchev–Trinajstić information content (AvgIpc) is 2.27. The number of fused-ring (bicyclic) bond motifs is 1. The van der Waals surface area contributed by atoms with Crippen molar-refractivity contribution >= 4 is 17.1 Å². The Kier molecular flexibility index (Phi) is 2.29. The Morgan fingerprint density at radius 3 is 2.80 bits per heavy atom. The first-order valence-corrected chi connectivity index (χ1v) is 4.49. The van der Waals surface area contributed by atoms with E-state index in [9.17, 15) is 4.79 Å². The molecule has 2 heterocycles. The Balaban J connectivity index is 2.51. The highest BCUT2D eigenvalue weighted by Gasteiger charge is 2.15. The minimum atomic E-state index is -0.897. The number of pyridine rings is 1. The van der Waals surface area contributed by atoms with E-state index in [1.807, 2.05) is 0 Å². The van der Waals surface area contributed by atoms with E-state index in [0.717, 1.165) is 0 Å². The van der Waals surface area contributed by atoms with Gasteiger partial charge in [-0.05, 0) is 19.1 Å². The van der Waals surface area contributed by atoms with Gasteiger partial charge in [0.05, 0.1) is 11.6 Å². The van der Waals surface area contributed by atoms with Crippen molar-refractivity contribution in [3.05, 3.63) is 30.2 Å². The van der Waals surface area contributed by atoms with Gasteiger partial charge in [0.25, 0.3) is 0 Å². The monoisotopic (exact) mass is 203 g/mol. The lowest BCUT2D eigenvalue weighted by atomic mass is 10.1. The molecule has 0 aromatic carbocycles. The van der Waals surface area contributed by atoms with Crippen LogP contribution in [0, 0.1) is 0 Å². The third kappa shape index (κ3) is 1.76. The molecule has 5 heteroatoms. The Bertz CT molecular complexity index is 513. The fraction of sp³-hybridized carbons (Fsp3) is 0.200. The predicted molar refractivity (Wildman–Crippen MR) is 53.4 cm³/mol. The van der Waals surface area contributed by atoms with Gasteiger partial charge in [-0.25, -0.2) is 9.97 Å². The number of nitrogens with zero attached hydrogens (tertiary/aromatic N) is 3. The fourth-order valence-electron chi connectivity index (χ4n) is 1.24. The summed E-state index contributed by atoms with van der Waals surface area (Å²) in [4.78, 5) is 23.0. The summed E-state index contributed by atoms with van der Waals surface area (Å²) in [5.74, 6) is -1.53. The molecule has 2 rings (SSSR count). The molecule has 0 amide bonds. The van der Waals surface area contributed by atoms with Gasteiger partial charge >= 0.3 is 5.97 Å². The molecular formula is C10H9N3O2. The normalized spacial score (nSPS) is 12.6. The van der Waals surface area contributed by atoms with Crippen LogP contribution in [0.2, 0.25) is 0 Å². The molecule has 0 saturated heterocycles. The molecule has 15 heavy (non-hydrogen) atoms. The van der Waals surface area contributed by atoms with E-state index < -0.39 is 11.9 Å². The number of rotatable bonds is 2. The fourth-order valence-corrected chi connectivity index (χ4v) is 1.24. The van der Waals surface area contributed by atoms with Crippen molar-refractivity contribution in [2.24, 2.45) is 0 Å². The summed E-state index contributed by atoms with van der Waals surface area (Å²) >= 11 is 0. The van der Waals surface area contributed by atoms with E-state index in [1.54, 1.807) is 25.3 Å². The van der Waals surface area contributed by atoms with Gasteiger partial charge in [-0.1, -0.05) is 0 Å². The van der Waals surface area contributed by atoms with Crippen LogP contribution in [0.4, 0.5) is 0 Å². The lowest BCUT2D eigenvalue weighted by Gasteiger charge is -2.05. The smallest absolute Gasteiger partial charge is 0.312 e. The highest BCUT2D eigenvalue weighted by atomic mass is 16.4. The second kappa shape index (κ2) is 3.61. The molecule has 2 aromatic rings. The molecule has 0 aliphatic heterocycles. The van der Waals surface area contributed by atoms with Crippen molar-refractivity contribution in [3.63, 3.8) is 0 Å². The molecule has 1 atom stereocenters. The molecule has 76 valence electrons. The Morgan fingerprint density at radius 1 is 1.33 bits per heavy atom. The predicted octanol–water partition coefficient (Wildman–Crippen LogP) is 1.21. The van der Waals surface area contributed by atoms with Gasteiger partial charge in [0.2, 0.25) is 0 Å². The number of carboxylic acids is 1. The number of aliphatic carboxylic acids is 1. The van der Waals surface area contributed by atoms with E-state index in [-0.39, 0.29) is 0 Å². The minimum absolute atomic E-state index is 0.475. The quantitative estimate of drug-likeness (QED) is 0.793. The molecule has 2 aromatic heterocycles. The molecule has 1 unspecified atom stereocenters. The molecule has 1 N–H and O–H groups in total. The van der Waals surface area contributed by atoms with E-state index in [4.69, 9.17) is 5.11 Å². The molecule has 5 nitrogen and oxygen atoms in total. The molecule has 0 spiro atoms. The first-order chi connectivity index (χ1) is 7.18. The van der Waals surface area contributed by atoms with E-state index >= 15 is 0 Å². The molecule has 0 radical (unpaired) electrons. The zero-order chi connectivity index (χ0) is 10.8. The van der Waals surface area contributed by atoms with Gasteiger partial charge in [0, 0.05) is 12.4 Å². The van der Waals surface area contributed by atoms with Gasteiger partial charge in [0.1, 0.15) is 5.52 Å². The number of hydrogen-bond acceptors (Lipinski definition) is 4. The van der Waals surface area contributed by atoms with Crippen LogP contribution in [0.25, 0.3) is 11.2 Å². The summed E-state index contributed by atoms with van der Waals surface area (Å²) < 4.78 is 0. The lowest BCUT2D eigenvalue weighted by Crippen LogP contribution is -2.09. The molecular weight excluding hydrogens is 194 g/mol. The first kappa shape index (κ1) is 9.51. The maximum Gasteiger partial charge on any atom is 0.312 e. The van der Waals surface area contributed by atoms with Crippen molar-refractivity contribution in [2.45, 2.75) is 12.8 Å². The van der Waals surface area contributed by atoms with Gasteiger partial charge in [-0.3, -0.25) is 9.78 Å². The van der Waals surface area contributed by atoms with Crippen molar-refractivity contribution in [1.82, 2.24) is 15.0 Å². The first-order valence-electron chi connectivity index (χ1n) is 4.49. The van der Waals surface area contributed by atoms with Crippen LogP contribution < -0.4 is 0 Å². The lowest BCUT2D eigenvalue weighted by molar-refractivity contribution is -0.138. The van der Waals surface area contributed by atoms with Crippen molar-refractivity contribution < 1.29 is 9.90 Å². The third-order valence-electron chi connectivity index (χ3n) is 2.17. The number of carbonyl (C=O) groups is 1. The second-order valence-electron chi connectivity index (χ2n) is 3.20. The maximum atomic E-state index is 10.8. The summed E-state index contributed by atoms with van der Waals surface area (Å²) in [5.41, 5.74) is 1.64. The van der Waals surface area contributed by atoms with Crippen LogP contribution in [0.1, 0.15) is 18.5 Å². The van der Waals surface area contributed by atoms with Crippen LogP contribution >= 0.6 is 0 Å². The Labute approximate surface area is 85.8 Å². The molecule has 0 fully saturated rings. The van der Waals surface area contributed by atoms with Crippen LogP contribution in [0.15, 0.2) is 24.5 Å². The third-order valence-corrected chi connectivity index (χ3v) is 2.17.